The van der Waals surface area contributed by atoms with Crippen LogP contribution in [-0.4, -0.2) is 24.2 Å². The van der Waals surface area contributed by atoms with Crippen molar-refractivity contribution >= 4 is 16.7 Å². The molecule has 0 saturated carbocycles. The molecule has 2 aromatic rings. The molecule has 17 heavy (non-hydrogen) atoms. The number of H-pyrrole nitrogens is 1. The van der Waals surface area contributed by atoms with Crippen LogP contribution in [0.4, 0.5) is 5.82 Å². The fourth-order valence-corrected chi connectivity index (χ4v) is 1.67. The highest BCUT2D eigenvalue weighted by Crippen LogP contribution is 2.36. The molecular formula is C10H12N4O3. The van der Waals surface area contributed by atoms with E-state index in [-0.39, 0.29) is 5.82 Å². The Labute approximate surface area is 96.5 Å². The van der Waals surface area contributed by atoms with Gasteiger partial charge in [-0.15, -0.1) is 0 Å². The lowest BCUT2D eigenvalue weighted by molar-refractivity contribution is 0.358. The van der Waals surface area contributed by atoms with E-state index in [1.54, 1.807) is 12.1 Å². The maximum atomic E-state index is 11.3. The highest BCUT2D eigenvalue weighted by molar-refractivity contribution is 5.96. The maximum absolute atomic E-state index is 11.3. The van der Waals surface area contributed by atoms with Gasteiger partial charge in [-0.05, 0) is 12.1 Å². The number of methoxy groups -OCH3 is 2. The number of ether oxygens (including phenoxy) is 2. The number of nitrogen functional groups attached to an aromatic ring is 1. The monoisotopic (exact) mass is 236 g/mol. The standard InChI is InChI=1S/C10H12N4O3/c1-16-6-4-3-5-7(8(6)17-2)9(14-11)13-10(15)12-5/h3-4H,11H2,1-2H3,(H2,12,13,14,15). The van der Waals surface area contributed by atoms with E-state index in [4.69, 9.17) is 15.3 Å². The van der Waals surface area contributed by atoms with E-state index in [1.807, 2.05) is 0 Å². The van der Waals surface area contributed by atoms with Gasteiger partial charge in [0.2, 0.25) is 0 Å². The largest absolute Gasteiger partial charge is 0.493 e. The lowest BCUT2D eigenvalue weighted by atomic mass is 10.2. The number of hydrogen-bond acceptors (Lipinski definition) is 6. The van der Waals surface area contributed by atoms with Gasteiger partial charge in [-0.3, -0.25) is 0 Å². The first-order valence-corrected chi connectivity index (χ1v) is 4.83. The Balaban J connectivity index is 2.91. The zero-order valence-electron chi connectivity index (χ0n) is 9.40. The van der Waals surface area contributed by atoms with Crippen molar-refractivity contribution < 1.29 is 9.47 Å². The number of benzene rings is 1. The Morgan fingerprint density at radius 2 is 2.12 bits per heavy atom. The van der Waals surface area contributed by atoms with Crippen LogP contribution in [-0.2, 0) is 0 Å². The van der Waals surface area contributed by atoms with Crippen LogP contribution in [0.3, 0.4) is 0 Å². The third-order valence-corrected chi connectivity index (χ3v) is 2.37. The van der Waals surface area contributed by atoms with Crippen molar-refractivity contribution in [3.8, 4) is 11.5 Å². The average molecular weight is 236 g/mol. The van der Waals surface area contributed by atoms with Gasteiger partial charge in [-0.25, -0.2) is 10.6 Å². The predicted octanol–water partition coefficient (Wildman–Crippen LogP) is 0.226. The molecule has 0 unspecified atom stereocenters. The molecule has 0 atom stereocenters. The van der Waals surface area contributed by atoms with E-state index >= 15 is 0 Å². The number of aromatic amines is 1. The molecule has 0 amide bonds. The number of hydrogen-bond donors (Lipinski definition) is 3. The second-order valence-corrected chi connectivity index (χ2v) is 3.26. The van der Waals surface area contributed by atoms with E-state index in [2.05, 4.69) is 15.4 Å². The van der Waals surface area contributed by atoms with Gasteiger partial charge >= 0.3 is 5.69 Å². The van der Waals surface area contributed by atoms with E-state index in [0.29, 0.717) is 22.4 Å². The third kappa shape index (κ3) is 1.76. The highest BCUT2D eigenvalue weighted by atomic mass is 16.5. The molecule has 0 fully saturated rings. The van der Waals surface area contributed by atoms with Gasteiger partial charge in [0, 0.05) is 0 Å². The van der Waals surface area contributed by atoms with E-state index in [1.165, 1.54) is 14.2 Å². The van der Waals surface area contributed by atoms with Crippen LogP contribution in [0.25, 0.3) is 10.9 Å². The number of rotatable bonds is 3. The molecule has 0 saturated heterocycles. The number of nitrogens with one attached hydrogen (secondary N) is 2. The van der Waals surface area contributed by atoms with E-state index in [0.717, 1.165) is 0 Å². The number of hydrazine groups is 1. The van der Waals surface area contributed by atoms with Crippen LogP contribution >= 0.6 is 0 Å². The fourth-order valence-electron chi connectivity index (χ4n) is 1.67. The summed E-state index contributed by atoms with van der Waals surface area (Å²) in [5.74, 6) is 6.57. The Hall–Kier alpha value is -2.28. The second-order valence-electron chi connectivity index (χ2n) is 3.26. The summed E-state index contributed by atoms with van der Waals surface area (Å²) in [4.78, 5) is 17.6. The lowest BCUT2D eigenvalue weighted by Gasteiger charge is -2.12. The summed E-state index contributed by atoms with van der Waals surface area (Å²) in [6.07, 6.45) is 0. The molecule has 1 aromatic carbocycles. The molecule has 1 aromatic heterocycles. The molecule has 7 heteroatoms. The average Bonchev–Trinajstić information content (AvgIpc) is 2.36. The predicted molar refractivity (Wildman–Crippen MR) is 63.3 cm³/mol. The van der Waals surface area contributed by atoms with Gasteiger partial charge in [-0.2, -0.15) is 4.98 Å². The van der Waals surface area contributed by atoms with Gasteiger partial charge in [0.05, 0.1) is 25.1 Å². The van der Waals surface area contributed by atoms with E-state index < -0.39 is 5.69 Å². The van der Waals surface area contributed by atoms with Gasteiger partial charge < -0.3 is 19.9 Å². The Bertz CT molecular complexity index is 608. The molecule has 0 aliphatic carbocycles. The van der Waals surface area contributed by atoms with Crippen molar-refractivity contribution in [2.24, 2.45) is 5.84 Å². The molecule has 0 radical (unpaired) electrons. The lowest BCUT2D eigenvalue weighted by Crippen LogP contribution is -2.17. The summed E-state index contributed by atoms with van der Waals surface area (Å²) >= 11 is 0. The van der Waals surface area contributed by atoms with Gasteiger partial charge in [-0.1, -0.05) is 0 Å². The first kappa shape index (κ1) is 11.2. The normalized spacial score (nSPS) is 10.3. The highest BCUT2D eigenvalue weighted by Gasteiger charge is 2.14. The molecular weight excluding hydrogens is 224 g/mol. The van der Waals surface area contributed by atoms with Crippen LogP contribution in [0.2, 0.25) is 0 Å². The quantitative estimate of drug-likeness (QED) is 0.520. The Morgan fingerprint density at radius 1 is 1.35 bits per heavy atom. The molecule has 1 heterocycles. The minimum atomic E-state index is -0.488. The van der Waals surface area contributed by atoms with Crippen LogP contribution in [0.1, 0.15) is 0 Å². The van der Waals surface area contributed by atoms with Crippen molar-refractivity contribution in [1.82, 2.24) is 9.97 Å². The molecule has 90 valence electrons. The van der Waals surface area contributed by atoms with Crippen molar-refractivity contribution in [2.45, 2.75) is 0 Å². The van der Waals surface area contributed by atoms with Crippen molar-refractivity contribution in [1.29, 1.82) is 0 Å². The zero-order valence-corrected chi connectivity index (χ0v) is 9.40. The summed E-state index contributed by atoms with van der Waals surface area (Å²) in [6, 6.07) is 3.39. The summed E-state index contributed by atoms with van der Waals surface area (Å²) in [5, 5.41) is 0.564. The minimum Gasteiger partial charge on any atom is -0.493 e. The molecule has 0 bridgehead atoms. The van der Waals surface area contributed by atoms with Crippen LogP contribution < -0.4 is 26.4 Å². The molecule has 0 aliphatic rings. The third-order valence-electron chi connectivity index (χ3n) is 2.37. The number of fused-ring (bicyclic) bond motifs is 1. The van der Waals surface area contributed by atoms with Gasteiger partial charge in [0.15, 0.2) is 17.3 Å². The smallest absolute Gasteiger partial charge is 0.347 e. The number of nitrogens with two attached hydrogens (primary N) is 1. The van der Waals surface area contributed by atoms with Crippen LogP contribution in [0.5, 0.6) is 11.5 Å². The number of anilines is 1. The molecule has 0 spiro atoms. The second kappa shape index (κ2) is 4.30. The van der Waals surface area contributed by atoms with Gasteiger partial charge in [0.1, 0.15) is 0 Å². The zero-order chi connectivity index (χ0) is 12.4. The Morgan fingerprint density at radius 3 is 2.71 bits per heavy atom. The number of nitrogens with zero attached hydrogens (tertiary/aromatic N) is 1. The summed E-state index contributed by atoms with van der Waals surface area (Å²) in [7, 11) is 3.03. The summed E-state index contributed by atoms with van der Waals surface area (Å²) in [5.41, 5.74) is 2.45. The number of aromatic nitrogens is 2. The van der Waals surface area contributed by atoms with Gasteiger partial charge in [0.25, 0.3) is 0 Å². The van der Waals surface area contributed by atoms with Crippen LogP contribution in [0, 0.1) is 0 Å². The molecule has 7 nitrogen and oxygen atoms in total. The van der Waals surface area contributed by atoms with Crippen LogP contribution in [0.15, 0.2) is 16.9 Å². The summed E-state index contributed by atoms with van der Waals surface area (Å²) < 4.78 is 10.4. The first-order chi connectivity index (χ1) is 8.21. The molecule has 0 aliphatic heterocycles. The fraction of sp³-hybridized carbons (Fsp3) is 0.200. The van der Waals surface area contributed by atoms with Crippen molar-refractivity contribution in [2.75, 3.05) is 19.6 Å². The minimum absolute atomic E-state index is 0.236. The topological polar surface area (TPSA) is 102 Å². The SMILES string of the molecule is COc1ccc2[nH]c(=O)nc(NN)c2c1OC. The molecule has 4 N–H and O–H groups in total. The van der Waals surface area contributed by atoms with Crippen molar-refractivity contribution in [3.05, 3.63) is 22.6 Å². The van der Waals surface area contributed by atoms with E-state index in [9.17, 15) is 4.79 Å². The van der Waals surface area contributed by atoms with Crippen molar-refractivity contribution in [3.63, 3.8) is 0 Å². The molecule has 2 rings (SSSR count). The Kier molecular flexibility index (Phi) is 2.84. The first-order valence-electron chi connectivity index (χ1n) is 4.83. The summed E-state index contributed by atoms with van der Waals surface area (Å²) in [6.45, 7) is 0. The maximum Gasteiger partial charge on any atom is 0.347 e.